The number of aliphatic hydroxyl groups is 1. The number of hydrogen-bond acceptors (Lipinski definition) is 2. The lowest BCUT2D eigenvalue weighted by Gasteiger charge is -2.25. The maximum Gasteiger partial charge on any atom is 0.123 e. The molecule has 78 valence electrons. The van der Waals surface area contributed by atoms with Gasteiger partial charge in [0.15, 0.2) is 0 Å². The van der Waals surface area contributed by atoms with Gasteiger partial charge in [0.05, 0.1) is 6.10 Å². The standard InChI is InChI=1S/C11H16FNO/c1-11(2,13)10(14)7-8-4-3-5-9(12)6-8/h3-6,10,14H,7,13H2,1-2H3. The van der Waals surface area contributed by atoms with Crippen LogP contribution in [0.1, 0.15) is 19.4 Å². The predicted molar refractivity (Wildman–Crippen MR) is 54.4 cm³/mol. The van der Waals surface area contributed by atoms with Gasteiger partial charge in [-0.05, 0) is 31.5 Å². The summed E-state index contributed by atoms with van der Waals surface area (Å²) in [5.74, 6) is -0.287. The van der Waals surface area contributed by atoms with E-state index < -0.39 is 11.6 Å². The zero-order valence-corrected chi connectivity index (χ0v) is 8.50. The molecule has 3 N–H and O–H groups in total. The average molecular weight is 197 g/mol. The molecule has 0 fully saturated rings. The van der Waals surface area contributed by atoms with Gasteiger partial charge >= 0.3 is 0 Å². The summed E-state index contributed by atoms with van der Waals surface area (Å²) in [4.78, 5) is 0. The van der Waals surface area contributed by atoms with Crippen LogP contribution in [0, 0.1) is 5.82 Å². The predicted octanol–water partition coefficient (Wildman–Crippen LogP) is 1.47. The summed E-state index contributed by atoms with van der Waals surface area (Å²) in [5.41, 5.74) is 5.82. The quantitative estimate of drug-likeness (QED) is 0.770. The van der Waals surface area contributed by atoms with Crippen molar-refractivity contribution in [3.63, 3.8) is 0 Å². The van der Waals surface area contributed by atoms with Crippen molar-refractivity contribution in [3.8, 4) is 0 Å². The molecule has 0 saturated heterocycles. The molecule has 0 aliphatic heterocycles. The van der Waals surface area contributed by atoms with E-state index in [1.807, 2.05) is 0 Å². The minimum atomic E-state index is -0.663. The molecule has 0 radical (unpaired) electrons. The first-order valence-electron chi connectivity index (χ1n) is 4.61. The van der Waals surface area contributed by atoms with E-state index in [4.69, 9.17) is 5.73 Å². The smallest absolute Gasteiger partial charge is 0.123 e. The minimum Gasteiger partial charge on any atom is -0.391 e. The zero-order valence-electron chi connectivity index (χ0n) is 8.50. The Morgan fingerprint density at radius 1 is 1.50 bits per heavy atom. The Bertz CT molecular complexity index is 306. The van der Waals surface area contributed by atoms with Crippen molar-refractivity contribution in [3.05, 3.63) is 35.6 Å². The van der Waals surface area contributed by atoms with Crippen LogP contribution in [0.25, 0.3) is 0 Å². The van der Waals surface area contributed by atoms with Gasteiger partial charge in [-0.2, -0.15) is 0 Å². The van der Waals surface area contributed by atoms with Crippen LogP contribution in [-0.4, -0.2) is 16.7 Å². The van der Waals surface area contributed by atoms with E-state index in [1.54, 1.807) is 26.0 Å². The zero-order chi connectivity index (χ0) is 10.8. The van der Waals surface area contributed by atoms with E-state index in [0.717, 1.165) is 5.56 Å². The third-order valence-corrected chi connectivity index (χ3v) is 2.18. The molecular weight excluding hydrogens is 181 g/mol. The third-order valence-electron chi connectivity index (χ3n) is 2.18. The molecule has 1 aromatic carbocycles. The normalized spacial score (nSPS) is 14.1. The summed E-state index contributed by atoms with van der Waals surface area (Å²) >= 11 is 0. The summed E-state index contributed by atoms with van der Waals surface area (Å²) in [6.45, 7) is 3.49. The molecule has 2 nitrogen and oxygen atoms in total. The van der Waals surface area contributed by atoms with Gasteiger partial charge in [0, 0.05) is 12.0 Å². The molecule has 3 heteroatoms. The topological polar surface area (TPSA) is 46.2 Å². The van der Waals surface area contributed by atoms with Crippen molar-refractivity contribution in [2.24, 2.45) is 5.73 Å². The van der Waals surface area contributed by atoms with Crippen LogP contribution in [0.15, 0.2) is 24.3 Å². The SMILES string of the molecule is CC(C)(N)C(O)Cc1cccc(F)c1. The van der Waals surface area contributed by atoms with Gasteiger partial charge in [0.2, 0.25) is 0 Å². The second-order valence-electron chi connectivity index (χ2n) is 4.17. The highest BCUT2D eigenvalue weighted by atomic mass is 19.1. The van der Waals surface area contributed by atoms with Gasteiger partial charge < -0.3 is 10.8 Å². The highest BCUT2D eigenvalue weighted by molar-refractivity contribution is 5.17. The largest absolute Gasteiger partial charge is 0.391 e. The molecule has 14 heavy (non-hydrogen) atoms. The monoisotopic (exact) mass is 197 g/mol. The summed E-state index contributed by atoms with van der Waals surface area (Å²) in [5, 5.41) is 9.68. The molecule has 0 saturated carbocycles. The Morgan fingerprint density at radius 3 is 2.64 bits per heavy atom. The van der Waals surface area contributed by atoms with Crippen molar-refractivity contribution in [1.29, 1.82) is 0 Å². The Hall–Kier alpha value is -0.930. The second kappa shape index (κ2) is 4.07. The number of benzene rings is 1. The Labute approximate surface area is 83.6 Å². The lowest BCUT2D eigenvalue weighted by Crippen LogP contribution is -2.46. The van der Waals surface area contributed by atoms with Gasteiger partial charge in [0.25, 0.3) is 0 Å². The molecule has 1 atom stereocenters. The highest BCUT2D eigenvalue weighted by Crippen LogP contribution is 2.12. The van der Waals surface area contributed by atoms with Crippen LogP contribution >= 0.6 is 0 Å². The van der Waals surface area contributed by atoms with Crippen LogP contribution in [0.3, 0.4) is 0 Å². The van der Waals surface area contributed by atoms with Crippen molar-refractivity contribution < 1.29 is 9.50 Å². The second-order valence-corrected chi connectivity index (χ2v) is 4.17. The average Bonchev–Trinajstić information content (AvgIpc) is 2.02. The Kier molecular flexibility index (Phi) is 3.24. The minimum absolute atomic E-state index is 0.287. The van der Waals surface area contributed by atoms with Gasteiger partial charge in [0.1, 0.15) is 5.82 Å². The number of halogens is 1. The first-order chi connectivity index (χ1) is 6.39. The highest BCUT2D eigenvalue weighted by Gasteiger charge is 2.22. The van der Waals surface area contributed by atoms with Crippen LogP contribution in [0.5, 0.6) is 0 Å². The molecule has 0 aliphatic carbocycles. The van der Waals surface area contributed by atoms with Crippen molar-refractivity contribution >= 4 is 0 Å². The van der Waals surface area contributed by atoms with Gasteiger partial charge in [-0.25, -0.2) is 4.39 Å². The Balaban J connectivity index is 2.70. The molecular formula is C11H16FNO. The molecule has 0 bridgehead atoms. The van der Waals surface area contributed by atoms with Gasteiger partial charge in [-0.15, -0.1) is 0 Å². The molecule has 0 aliphatic rings. The van der Waals surface area contributed by atoms with E-state index in [-0.39, 0.29) is 5.82 Å². The fourth-order valence-corrected chi connectivity index (χ4v) is 1.15. The summed E-state index contributed by atoms with van der Waals surface area (Å²) in [7, 11) is 0. The number of hydrogen-bond donors (Lipinski definition) is 2. The summed E-state index contributed by atoms with van der Waals surface area (Å²) in [6, 6.07) is 6.19. The summed E-state index contributed by atoms with van der Waals surface area (Å²) in [6.07, 6.45) is -0.286. The maximum atomic E-state index is 12.8. The molecule has 1 aromatic rings. The van der Waals surface area contributed by atoms with Crippen LogP contribution in [0.4, 0.5) is 4.39 Å². The molecule has 0 aromatic heterocycles. The van der Waals surface area contributed by atoms with E-state index in [2.05, 4.69) is 0 Å². The molecule has 0 spiro atoms. The first kappa shape index (κ1) is 11.1. The first-order valence-corrected chi connectivity index (χ1v) is 4.61. The van der Waals surface area contributed by atoms with Crippen molar-refractivity contribution in [2.75, 3.05) is 0 Å². The summed E-state index contributed by atoms with van der Waals surface area (Å²) < 4.78 is 12.8. The fourth-order valence-electron chi connectivity index (χ4n) is 1.15. The number of aliphatic hydroxyl groups excluding tert-OH is 1. The molecule has 1 unspecified atom stereocenters. The molecule has 1 rings (SSSR count). The van der Waals surface area contributed by atoms with Crippen LogP contribution < -0.4 is 5.73 Å². The molecule has 0 amide bonds. The number of nitrogens with two attached hydrogens (primary N) is 1. The maximum absolute atomic E-state index is 12.8. The molecule has 0 heterocycles. The third kappa shape index (κ3) is 3.09. The van der Waals surface area contributed by atoms with E-state index in [0.29, 0.717) is 6.42 Å². The van der Waals surface area contributed by atoms with Gasteiger partial charge in [-0.3, -0.25) is 0 Å². The van der Waals surface area contributed by atoms with Gasteiger partial charge in [-0.1, -0.05) is 12.1 Å². The van der Waals surface area contributed by atoms with E-state index >= 15 is 0 Å². The van der Waals surface area contributed by atoms with Crippen LogP contribution in [-0.2, 0) is 6.42 Å². The fraction of sp³-hybridized carbons (Fsp3) is 0.455. The number of rotatable bonds is 3. The van der Waals surface area contributed by atoms with E-state index in [1.165, 1.54) is 12.1 Å². The van der Waals surface area contributed by atoms with Crippen molar-refractivity contribution in [1.82, 2.24) is 0 Å². The van der Waals surface area contributed by atoms with Crippen LogP contribution in [0.2, 0.25) is 0 Å². The lowest BCUT2D eigenvalue weighted by molar-refractivity contribution is 0.104. The Morgan fingerprint density at radius 2 is 2.14 bits per heavy atom. The van der Waals surface area contributed by atoms with E-state index in [9.17, 15) is 9.50 Å². The van der Waals surface area contributed by atoms with Crippen molar-refractivity contribution in [2.45, 2.75) is 31.9 Å². The lowest BCUT2D eigenvalue weighted by atomic mass is 9.93.